The van der Waals surface area contributed by atoms with Gasteiger partial charge in [0.25, 0.3) is 11.8 Å². The first-order valence-corrected chi connectivity index (χ1v) is 9.54. The molecule has 1 aliphatic carbocycles. The fourth-order valence-corrected chi connectivity index (χ4v) is 3.51. The number of rotatable bonds is 4. The number of likely N-dealkylation sites (N-methyl/N-ethyl adjacent to an activating group) is 1. The number of halogens is 2. The number of allylic oxidation sites excluding steroid dienone is 4. The van der Waals surface area contributed by atoms with E-state index in [1.165, 1.54) is 28.1 Å². The van der Waals surface area contributed by atoms with Crippen LogP contribution in [-0.2, 0) is 17.9 Å². The van der Waals surface area contributed by atoms with Crippen LogP contribution < -0.4 is 10.2 Å². The van der Waals surface area contributed by atoms with Crippen LogP contribution in [0, 0.1) is 6.92 Å². The zero-order chi connectivity index (χ0) is 21.4. The average Bonchev–Trinajstić information content (AvgIpc) is 3.30. The summed E-state index contributed by atoms with van der Waals surface area (Å²) < 4.78 is 30.1. The van der Waals surface area contributed by atoms with Crippen molar-refractivity contribution in [3.63, 3.8) is 0 Å². The van der Waals surface area contributed by atoms with Gasteiger partial charge in [0, 0.05) is 31.7 Å². The molecule has 2 atom stereocenters. The summed E-state index contributed by atoms with van der Waals surface area (Å²) in [6.07, 6.45) is 2.69. The van der Waals surface area contributed by atoms with Crippen LogP contribution in [-0.4, -0.2) is 55.6 Å². The molecule has 2 amide bonds. The number of carbonyl (C=O) groups excluding carboxylic acids is 2. The third kappa shape index (κ3) is 3.87. The van der Waals surface area contributed by atoms with Crippen molar-refractivity contribution in [1.29, 1.82) is 0 Å². The average molecular weight is 417 g/mol. The van der Waals surface area contributed by atoms with Crippen molar-refractivity contribution < 1.29 is 18.4 Å². The lowest BCUT2D eigenvalue weighted by Gasteiger charge is -2.19. The van der Waals surface area contributed by atoms with Gasteiger partial charge in [0.2, 0.25) is 5.82 Å². The van der Waals surface area contributed by atoms with Gasteiger partial charge in [-0.2, -0.15) is 5.10 Å². The highest BCUT2D eigenvalue weighted by Gasteiger charge is 2.31. The maximum Gasteiger partial charge on any atom is 0.291 e. The Morgan fingerprint density at radius 3 is 2.93 bits per heavy atom. The highest BCUT2D eigenvalue weighted by atomic mass is 19.1. The number of amides is 2. The van der Waals surface area contributed by atoms with Crippen molar-refractivity contribution in [1.82, 2.24) is 29.9 Å². The molecule has 1 aliphatic heterocycles. The lowest BCUT2D eigenvalue weighted by Crippen LogP contribution is -2.47. The molecule has 158 valence electrons. The number of hydrogen-bond donors (Lipinski definition) is 1. The molecule has 2 aromatic rings. The van der Waals surface area contributed by atoms with Crippen LogP contribution in [0.4, 0.5) is 14.6 Å². The van der Waals surface area contributed by atoms with E-state index in [0.717, 1.165) is 5.69 Å². The van der Waals surface area contributed by atoms with Gasteiger partial charge in [0.1, 0.15) is 30.2 Å². The van der Waals surface area contributed by atoms with Crippen molar-refractivity contribution in [3.05, 3.63) is 47.5 Å². The number of nitrogens with one attached hydrogen (secondary N) is 1. The number of alkyl halides is 1. The molecule has 0 saturated carbocycles. The number of aryl methyl sites for hydroxylation is 2. The topological polar surface area (TPSA) is 97.9 Å². The first-order chi connectivity index (χ1) is 14.3. The fraction of sp³-hybridized carbons (Fsp3) is 0.421. The van der Waals surface area contributed by atoms with E-state index in [1.807, 2.05) is 13.0 Å². The standard InChI is InChI=1S/C19H21F2N7O2/c1-11-7-16-26(2)19(30)15(5-6-28(16)24-11)23-18(29)17-22-10-27(25-17)9-12-3-4-13(20)8-14(12)21/h3-4,7,10,13,15H,5-6,8-9H2,1-2H3,(H,23,29)/t13?,15-/m0/s1. The van der Waals surface area contributed by atoms with Crippen LogP contribution in [0.15, 0.2) is 35.9 Å². The molecule has 3 heterocycles. The minimum atomic E-state index is -1.33. The first-order valence-electron chi connectivity index (χ1n) is 9.54. The summed E-state index contributed by atoms with van der Waals surface area (Å²) in [5, 5.41) is 11.1. The first kappa shape index (κ1) is 19.9. The number of fused-ring (bicyclic) bond motifs is 1. The van der Waals surface area contributed by atoms with Gasteiger partial charge in [-0.15, -0.1) is 5.10 Å². The maximum atomic E-state index is 13.9. The smallest absolute Gasteiger partial charge is 0.291 e. The van der Waals surface area contributed by atoms with Crippen molar-refractivity contribution in [2.75, 3.05) is 11.9 Å². The molecule has 1 unspecified atom stereocenters. The summed E-state index contributed by atoms with van der Waals surface area (Å²) in [7, 11) is 1.63. The molecule has 0 spiro atoms. The Bertz CT molecular complexity index is 1060. The van der Waals surface area contributed by atoms with Crippen LogP contribution in [0.25, 0.3) is 0 Å². The summed E-state index contributed by atoms with van der Waals surface area (Å²) in [5.41, 5.74) is 1.09. The number of anilines is 1. The van der Waals surface area contributed by atoms with Crippen LogP contribution in [0.3, 0.4) is 0 Å². The van der Waals surface area contributed by atoms with E-state index in [9.17, 15) is 18.4 Å². The van der Waals surface area contributed by atoms with Crippen LogP contribution >= 0.6 is 0 Å². The minimum Gasteiger partial charge on any atom is -0.337 e. The molecule has 0 saturated heterocycles. The summed E-state index contributed by atoms with van der Waals surface area (Å²) >= 11 is 0. The van der Waals surface area contributed by atoms with E-state index in [2.05, 4.69) is 20.5 Å². The van der Waals surface area contributed by atoms with Crippen molar-refractivity contribution in [2.24, 2.45) is 0 Å². The predicted octanol–water partition coefficient (Wildman–Crippen LogP) is 1.47. The number of carbonyl (C=O) groups is 2. The zero-order valence-corrected chi connectivity index (χ0v) is 16.5. The summed E-state index contributed by atoms with van der Waals surface area (Å²) in [6, 6.07) is 1.06. The molecule has 9 nitrogen and oxygen atoms in total. The maximum absolute atomic E-state index is 13.9. The normalized spacial score (nSPS) is 21.6. The predicted molar refractivity (Wildman–Crippen MR) is 103 cm³/mol. The second-order valence-electron chi connectivity index (χ2n) is 7.35. The molecule has 11 heteroatoms. The van der Waals surface area contributed by atoms with Crippen LogP contribution in [0.5, 0.6) is 0 Å². The Kier molecular flexibility index (Phi) is 5.18. The Labute approximate surface area is 171 Å². The highest BCUT2D eigenvalue weighted by Crippen LogP contribution is 2.23. The third-order valence-corrected chi connectivity index (χ3v) is 5.09. The third-order valence-electron chi connectivity index (χ3n) is 5.09. The van der Waals surface area contributed by atoms with Gasteiger partial charge < -0.3 is 5.32 Å². The highest BCUT2D eigenvalue weighted by molar-refractivity contribution is 6.00. The molecule has 4 rings (SSSR count). The van der Waals surface area contributed by atoms with E-state index >= 15 is 0 Å². The van der Waals surface area contributed by atoms with Gasteiger partial charge in [0.05, 0.1) is 12.2 Å². The fourth-order valence-electron chi connectivity index (χ4n) is 3.51. The van der Waals surface area contributed by atoms with Gasteiger partial charge in [-0.1, -0.05) is 6.08 Å². The molecule has 30 heavy (non-hydrogen) atoms. The van der Waals surface area contributed by atoms with Crippen LogP contribution in [0.2, 0.25) is 0 Å². The summed E-state index contributed by atoms with van der Waals surface area (Å²) in [5.74, 6) is -0.878. The quantitative estimate of drug-likeness (QED) is 0.813. The lowest BCUT2D eigenvalue weighted by atomic mass is 10.0. The Morgan fingerprint density at radius 1 is 1.37 bits per heavy atom. The second-order valence-corrected chi connectivity index (χ2v) is 7.35. The lowest BCUT2D eigenvalue weighted by molar-refractivity contribution is -0.120. The minimum absolute atomic E-state index is 0.0287. The Morgan fingerprint density at radius 2 is 2.17 bits per heavy atom. The zero-order valence-electron chi connectivity index (χ0n) is 16.5. The SMILES string of the molecule is Cc1cc2n(n1)CC[C@H](NC(=O)c1ncn(CC3=C(F)CC(F)C=C3)n1)C(=O)N2C. The molecule has 2 aliphatic rings. The Hall–Kier alpha value is -3.37. The van der Waals surface area contributed by atoms with Crippen molar-refractivity contribution >= 4 is 17.6 Å². The number of hydrogen-bond acceptors (Lipinski definition) is 5. The van der Waals surface area contributed by atoms with Crippen LogP contribution in [0.1, 0.15) is 29.2 Å². The van der Waals surface area contributed by atoms with Gasteiger partial charge in [0.15, 0.2) is 0 Å². The largest absolute Gasteiger partial charge is 0.337 e. The molecule has 2 aromatic heterocycles. The van der Waals surface area contributed by atoms with E-state index in [1.54, 1.807) is 11.7 Å². The molecule has 0 bridgehead atoms. The van der Waals surface area contributed by atoms with E-state index in [4.69, 9.17) is 0 Å². The molecule has 0 radical (unpaired) electrons. The Balaban J connectivity index is 1.42. The molecule has 0 aromatic carbocycles. The van der Waals surface area contributed by atoms with E-state index in [-0.39, 0.29) is 30.3 Å². The monoisotopic (exact) mass is 417 g/mol. The van der Waals surface area contributed by atoms with Crippen molar-refractivity contribution in [2.45, 2.75) is 45.1 Å². The van der Waals surface area contributed by atoms with E-state index < -0.39 is 23.9 Å². The van der Waals surface area contributed by atoms with Gasteiger partial charge in [-0.3, -0.25) is 14.5 Å². The summed E-state index contributed by atoms with van der Waals surface area (Å²) in [4.78, 5) is 30.7. The molecule has 1 N–H and O–H groups in total. The molecule has 0 fully saturated rings. The van der Waals surface area contributed by atoms with Gasteiger partial charge in [-0.05, 0) is 19.4 Å². The van der Waals surface area contributed by atoms with Gasteiger partial charge >= 0.3 is 0 Å². The molecular weight excluding hydrogens is 396 g/mol. The number of aromatic nitrogens is 5. The summed E-state index contributed by atoms with van der Waals surface area (Å²) in [6.45, 7) is 2.35. The van der Waals surface area contributed by atoms with E-state index in [0.29, 0.717) is 18.8 Å². The number of nitrogens with zero attached hydrogens (tertiary/aromatic N) is 6. The van der Waals surface area contributed by atoms with Crippen molar-refractivity contribution in [3.8, 4) is 0 Å². The molecular formula is C19H21F2N7O2. The second kappa shape index (κ2) is 7.81. The van der Waals surface area contributed by atoms with Gasteiger partial charge in [-0.25, -0.2) is 23.1 Å².